The molecule has 0 bridgehead atoms. The number of hydrogen-bond acceptors (Lipinski definition) is 1. The summed E-state index contributed by atoms with van der Waals surface area (Å²) in [5, 5.41) is 1.17. The van der Waals surface area contributed by atoms with Gasteiger partial charge in [0.2, 0.25) is 0 Å². The SMILES string of the molecule is Cc1cc(C)cc(-c2ccc3ccc(-c4ccccc4)cc3n2)c1. The van der Waals surface area contributed by atoms with E-state index < -0.39 is 0 Å². The van der Waals surface area contributed by atoms with Crippen LogP contribution in [0, 0.1) is 13.8 Å². The summed E-state index contributed by atoms with van der Waals surface area (Å²) in [6.07, 6.45) is 0. The van der Waals surface area contributed by atoms with E-state index in [1.165, 1.54) is 33.2 Å². The Balaban J connectivity index is 1.84. The summed E-state index contributed by atoms with van der Waals surface area (Å²) in [6.45, 7) is 4.26. The molecule has 0 unspecified atom stereocenters. The van der Waals surface area contributed by atoms with Gasteiger partial charge in [0.05, 0.1) is 11.2 Å². The van der Waals surface area contributed by atoms with Gasteiger partial charge in [-0.2, -0.15) is 0 Å². The zero-order chi connectivity index (χ0) is 16.5. The molecule has 0 aliphatic carbocycles. The lowest BCUT2D eigenvalue weighted by molar-refractivity contribution is 1.34. The number of benzene rings is 3. The van der Waals surface area contributed by atoms with E-state index in [4.69, 9.17) is 4.98 Å². The highest BCUT2D eigenvalue weighted by Crippen LogP contribution is 2.27. The van der Waals surface area contributed by atoms with Crippen LogP contribution in [0.3, 0.4) is 0 Å². The summed E-state index contributed by atoms with van der Waals surface area (Å²) in [5.41, 5.74) is 8.20. The lowest BCUT2D eigenvalue weighted by Crippen LogP contribution is -1.88. The molecule has 0 saturated heterocycles. The van der Waals surface area contributed by atoms with Gasteiger partial charge >= 0.3 is 0 Å². The first-order valence-corrected chi connectivity index (χ1v) is 8.24. The molecule has 1 heterocycles. The molecule has 1 nitrogen and oxygen atoms in total. The third-order valence-electron chi connectivity index (χ3n) is 4.32. The summed E-state index contributed by atoms with van der Waals surface area (Å²) in [4.78, 5) is 4.91. The molecule has 0 aliphatic heterocycles. The molecule has 0 saturated carbocycles. The van der Waals surface area contributed by atoms with Gasteiger partial charge in [0, 0.05) is 10.9 Å². The molecule has 0 N–H and O–H groups in total. The van der Waals surface area contributed by atoms with Gasteiger partial charge in [0.1, 0.15) is 0 Å². The maximum absolute atomic E-state index is 4.91. The molecule has 0 atom stereocenters. The number of hydrogen-bond donors (Lipinski definition) is 0. The van der Waals surface area contributed by atoms with E-state index in [9.17, 15) is 0 Å². The highest BCUT2D eigenvalue weighted by atomic mass is 14.7. The monoisotopic (exact) mass is 309 g/mol. The van der Waals surface area contributed by atoms with Crippen LogP contribution in [0.2, 0.25) is 0 Å². The highest BCUT2D eigenvalue weighted by Gasteiger charge is 2.05. The van der Waals surface area contributed by atoms with Crippen molar-refractivity contribution in [1.29, 1.82) is 0 Å². The van der Waals surface area contributed by atoms with Gasteiger partial charge in [0.25, 0.3) is 0 Å². The van der Waals surface area contributed by atoms with Gasteiger partial charge in [-0.25, -0.2) is 4.98 Å². The Morgan fingerprint density at radius 3 is 2.04 bits per heavy atom. The van der Waals surface area contributed by atoms with Gasteiger partial charge < -0.3 is 0 Å². The first kappa shape index (κ1) is 14.6. The Morgan fingerprint density at radius 1 is 0.583 bits per heavy atom. The number of rotatable bonds is 2. The quantitative estimate of drug-likeness (QED) is 0.430. The molecule has 4 rings (SSSR count). The van der Waals surface area contributed by atoms with Gasteiger partial charge in [-0.15, -0.1) is 0 Å². The number of fused-ring (bicyclic) bond motifs is 1. The normalized spacial score (nSPS) is 10.9. The second kappa shape index (κ2) is 5.93. The largest absolute Gasteiger partial charge is 0.248 e. The Kier molecular flexibility index (Phi) is 3.62. The van der Waals surface area contributed by atoms with Crippen LogP contribution in [0.1, 0.15) is 11.1 Å². The average molecular weight is 309 g/mol. The van der Waals surface area contributed by atoms with Crippen molar-refractivity contribution in [1.82, 2.24) is 4.98 Å². The molecule has 1 aromatic heterocycles. The summed E-state index contributed by atoms with van der Waals surface area (Å²) >= 11 is 0. The van der Waals surface area contributed by atoms with Crippen LogP contribution in [-0.4, -0.2) is 4.98 Å². The molecule has 4 aromatic rings. The van der Waals surface area contributed by atoms with Gasteiger partial charge in [-0.1, -0.05) is 65.7 Å². The van der Waals surface area contributed by atoms with Gasteiger partial charge in [0.15, 0.2) is 0 Å². The standard InChI is InChI=1S/C23H19N/c1-16-12-17(2)14-21(13-16)22-11-10-19-8-9-20(15-23(19)24-22)18-6-4-3-5-7-18/h3-15H,1-2H3. The van der Waals surface area contributed by atoms with Crippen LogP contribution in [0.15, 0.2) is 78.9 Å². The van der Waals surface area contributed by atoms with Crippen molar-refractivity contribution < 1.29 is 0 Å². The van der Waals surface area contributed by atoms with Crippen molar-refractivity contribution in [2.75, 3.05) is 0 Å². The number of nitrogens with zero attached hydrogens (tertiary/aromatic N) is 1. The first-order valence-electron chi connectivity index (χ1n) is 8.24. The molecule has 0 spiro atoms. The highest BCUT2D eigenvalue weighted by molar-refractivity contribution is 5.86. The van der Waals surface area contributed by atoms with Gasteiger partial charge in [-0.05, 0) is 49.2 Å². The molecule has 0 aliphatic rings. The number of pyridine rings is 1. The third-order valence-corrected chi connectivity index (χ3v) is 4.32. The average Bonchev–Trinajstić information content (AvgIpc) is 2.61. The molecule has 3 aromatic carbocycles. The number of aromatic nitrogens is 1. The molecular weight excluding hydrogens is 290 g/mol. The third kappa shape index (κ3) is 2.81. The van der Waals surface area contributed by atoms with Crippen molar-refractivity contribution in [2.45, 2.75) is 13.8 Å². The van der Waals surface area contributed by atoms with Crippen LogP contribution < -0.4 is 0 Å². The van der Waals surface area contributed by atoms with E-state index in [-0.39, 0.29) is 0 Å². The Morgan fingerprint density at radius 2 is 1.29 bits per heavy atom. The molecule has 0 fully saturated rings. The smallest absolute Gasteiger partial charge is 0.0715 e. The zero-order valence-electron chi connectivity index (χ0n) is 14.0. The predicted molar refractivity (Wildman–Crippen MR) is 102 cm³/mol. The second-order valence-corrected chi connectivity index (χ2v) is 6.35. The summed E-state index contributed by atoms with van der Waals surface area (Å²) in [5.74, 6) is 0. The second-order valence-electron chi connectivity index (χ2n) is 6.35. The molecule has 24 heavy (non-hydrogen) atoms. The fraction of sp³-hybridized carbons (Fsp3) is 0.0870. The lowest BCUT2D eigenvalue weighted by Gasteiger charge is -2.08. The minimum absolute atomic E-state index is 1.03. The van der Waals surface area contributed by atoms with Crippen LogP contribution in [0.4, 0.5) is 0 Å². The van der Waals surface area contributed by atoms with E-state index in [1.54, 1.807) is 0 Å². The van der Waals surface area contributed by atoms with E-state index >= 15 is 0 Å². The lowest BCUT2D eigenvalue weighted by atomic mass is 10.0. The first-order chi connectivity index (χ1) is 11.7. The predicted octanol–water partition coefficient (Wildman–Crippen LogP) is 6.19. The minimum Gasteiger partial charge on any atom is -0.248 e. The summed E-state index contributed by atoms with van der Waals surface area (Å²) < 4.78 is 0. The van der Waals surface area contributed by atoms with Crippen molar-refractivity contribution in [3.63, 3.8) is 0 Å². The molecule has 0 radical (unpaired) electrons. The maximum Gasteiger partial charge on any atom is 0.0715 e. The van der Waals surface area contributed by atoms with Crippen molar-refractivity contribution >= 4 is 10.9 Å². The minimum atomic E-state index is 1.03. The van der Waals surface area contributed by atoms with Crippen LogP contribution in [0.25, 0.3) is 33.3 Å². The summed E-state index contributed by atoms with van der Waals surface area (Å²) in [6, 6.07) is 27.8. The van der Waals surface area contributed by atoms with Crippen LogP contribution >= 0.6 is 0 Å². The zero-order valence-corrected chi connectivity index (χ0v) is 14.0. The van der Waals surface area contributed by atoms with Gasteiger partial charge in [-0.3, -0.25) is 0 Å². The molecule has 1 heteroatoms. The van der Waals surface area contributed by atoms with Crippen molar-refractivity contribution in [3.8, 4) is 22.4 Å². The molecule has 0 amide bonds. The Bertz CT molecular complexity index is 996. The van der Waals surface area contributed by atoms with Crippen molar-refractivity contribution in [3.05, 3.63) is 90.0 Å². The maximum atomic E-state index is 4.91. The Hall–Kier alpha value is -2.93. The van der Waals surface area contributed by atoms with Crippen LogP contribution in [-0.2, 0) is 0 Å². The Labute approximate surface area is 142 Å². The van der Waals surface area contributed by atoms with Crippen LogP contribution in [0.5, 0.6) is 0 Å². The number of aryl methyl sites for hydroxylation is 2. The molecule has 116 valence electrons. The fourth-order valence-corrected chi connectivity index (χ4v) is 3.21. The van der Waals surface area contributed by atoms with E-state index in [2.05, 4.69) is 86.6 Å². The topological polar surface area (TPSA) is 12.9 Å². The van der Waals surface area contributed by atoms with E-state index in [0.717, 1.165) is 11.2 Å². The summed E-state index contributed by atoms with van der Waals surface area (Å²) in [7, 11) is 0. The van der Waals surface area contributed by atoms with Crippen molar-refractivity contribution in [2.24, 2.45) is 0 Å². The van der Waals surface area contributed by atoms with E-state index in [0.29, 0.717) is 0 Å². The fourth-order valence-electron chi connectivity index (χ4n) is 3.21. The molecular formula is C23H19N. The van der Waals surface area contributed by atoms with E-state index in [1.807, 2.05) is 6.07 Å².